The van der Waals surface area contributed by atoms with E-state index in [0.717, 1.165) is 49.8 Å². The Morgan fingerprint density at radius 2 is 1.72 bits per heavy atom. The zero-order chi connectivity index (χ0) is 20.5. The van der Waals surface area contributed by atoms with Crippen LogP contribution in [0.2, 0.25) is 0 Å². The predicted octanol–water partition coefficient (Wildman–Crippen LogP) is 3.99. The van der Waals surface area contributed by atoms with E-state index in [9.17, 15) is 9.59 Å². The van der Waals surface area contributed by atoms with Crippen molar-refractivity contribution in [2.45, 2.75) is 82.2 Å². The van der Waals surface area contributed by atoms with Crippen molar-refractivity contribution in [1.82, 2.24) is 16.0 Å². The summed E-state index contributed by atoms with van der Waals surface area (Å²) in [5, 5.41) is 9.22. The Balaban J connectivity index is 1.41. The van der Waals surface area contributed by atoms with Gasteiger partial charge in [0.2, 0.25) is 5.91 Å². The molecule has 3 rings (SSSR count). The fraction of sp³-hybridized carbons (Fsp3) is 0.652. The fourth-order valence-corrected chi connectivity index (χ4v) is 4.64. The molecule has 3 N–H and O–H groups in total. The molecule has 0 radical (unpaired) electrons. The highest BCUT2D eigenvalue weighted by atomic mass is 16.5. The Labute approximate surface area is 174 Å². The number of rotatable bonds is 8. The average Bonchev–Trinajstić information content (AvgIpc) is 3.21. The van der Waals surface area contributed by atoms with Gasteiger partial charge in [-0.1, -0.05) is 44.2 Å². The first-order valence-electron chi connectivity index (χ1n) is 11.1. The second kappa shape index (κ2) is 10.5. The zero-order valence-electron chi connectivity index (χ0n) is 17.6. The van der Waals surface area contributed by atoms with E-state index in [1.807, 2.05) is 12.1 Å². The summed E-state index contributed by atoms with van der Waals surface area (Å²) in [6.45, 7) is 0.515. The van der Waals surface area contributed by atoms with Crippen LogP contribution in [0.4, 0.5) is 4.79 Å². The molecule has 0 atom stereocenters. The van der Waals surface area contributed by atoms with Crippen molar-refractivity contribution in [3.63, 3.8) is 0 Å². The molecule has 0 heterocycles. The summed E-state index contributed by atoms with van der Waals surface area (Å²) in [5.41, 5.74) is 0.879. The number of methoxy groups -OCH3 is 1. The van der Waals surface area contributed by atoms with E-state index < -0.39 is 0 Å². The van der Waals surface area contributed by atoms with Crippen molar-refractivity contribution in [3.8, 4) is 5.75 Å². The molecule has 6 heteroatoms. The Morgan fingerprint density at radius 1 is 1.03 bits per heavy atom. The zero-order valence-corrected chi connectivity index (χ0v) is 17.6. The summed E-state index contributed by atoms with van der Waals surface area (Å²) in [6, 6.07) is 8.22. The SMILES string of the molecule is COc1ccc(C2(NC(=O)CCCNC(=O)NC3CCCCC3)CCCC2)cc1. The highest BCUT2D eigenvalue weighted by molar-refractivity contribution is 5.77. The van der Waals surface area contributed by atoms with Crippen LogP contribution in [0.15, 0.2) is 24.3 Å². The van der Waals surface area contributed by atoms with Gasteiger partial charge in [0.1, 0.15) is 5.75 Å². The molecular formula is C23H35N3O3. The van der Waals surface area contributed by atoms with Crippen LogP contribution in [-0.2, 0) is 10.3 Å². The largest absolute Gasteiger partial charge is 0.497 e. The van der Waals surface area contributed by atoms with Crippen LogP contribution in [0, 0.1) is 0 Å². The van der Waals surface area contributed by atoms with Crippen molar-refractivity contribution < 1.29 is 14.3 Å². The van der Waals surface area contributed by atoms with Crippen molar-refractivity contribution in [2.24, 2.45) is 0 Å². The molecule has 1 aromatic rings. The van der Waals surface area contributed by atoms with Crippen molar-refractivity contribution in [2.75, 3.05) is 13.7 Å². The lowest BCUT2D eigenvalue weighted by molar-refractivity contribution is -0.123. The van der Waals surface area contributed by atoms with E-state index in [0.29, 0.717) is 25.4 Å². The van der Waals surface area contributed by atoms with E-state index in [4.69, 9.17) is 4.74 Å². The van der Waals surface area contributed by atoms with Gasteiger partial charge in [0.05, 0.1) is 12.6 Å². The van der Waals surface area contributed by atoms with Crippen LogP contribution in [0.3, 0.4) is 0 Å². The highest BCUT2D eigenvalue weighted by Crippen LogP contribution is 2.39. The summed E-state index contributed by atoms with van der Waals surface area (Å²) >= 11 is 0. The maximum absolute atomic E-state index is 12.6. The molecule has 0 aromatic heterocycles. The monoisotopic (exact) mass is 401 g/mol. The number of hydrogen-bond donors (Lipinski definition) is 3. The number of carbonyl (C=O) groups is 2. The summed E-state index contributed by atoms with van der Waals surface area (Å²) in [6.07, 6.45) is 11.0. The van der Waals surface area contributed by atoms with Gasteiger partial charge in [0.25, 0.3) is 0 Å². The topological polar surface area (TPSA) is 79.5 Å². The van der Waals surface area contributed by atoms with Gasteiger partial charge in [0.15, 0.2) is 0 Å². The maximum Gasteiger partial charge on any atom is 0.315 e. The second-order valence-corrected chi connectivity index (χ2v) is 8.40. The maximum atomic E-state index is 12.6. The van der Waals surface area contributed by atoms with Crippen LogP contribution in [0.5, 0.6) is 5.75 Å². The van der Waals surface area contributed by atoms with E-state index >= 15 is 0 Å². The first kappa shape index (κ1) is 21.5. The van der Waals surface area contributed by atoms with E-state index in [1.165, 1.54) is 19.3 Å². The van der Waals surface area contributed by atoms with E-state index in [2.05, 4.69) is 28.1 Å². The minimum atomic E-state index is -0.269. The fourth-order valence-electron chi connectivity index (χ4n) is 4.64. The Bertz CT molecular complexity index is 662. The van der Waals surface area contributed by atoms with E-state index in [-0.39, 0.29) is 17.5 Å². The molecule has 2 aliphatic rings. The minimum Gasteiger partial charge on any atom is -0.497 e. The first-order chi connectivity index (χ1) is 14.1. The van der Waals surface area contributed by atoms with Crippen LogP contribution in [0.1, 0.15) is 76.2 Å². The predicted molar refractivity (Wildman–Crippen MR) is 114 cm³/mol. The quantitative estimate of drug-likeness (QED) is 0.576. The van der Waals surface area contributed by atoms with Crippen LogP contribution >= 0.6 is 0 Å². The molecule has 0 saturated heterocycles. The van der Waals surface area contributed by atoms with Gasteiger partial charge in [-0.15, -0.1) is 0 Å². The number of nitrogens with one attached hydrogen (secondary N) is 3. The lowest BCUT2D eigenvalue weighted by atomic mass is 9.88. The molecule has 0 bridgehead atoms. The van der Waals surface area contributed by atoms with Crippen LogP contribution < -0.4 is 20.7 Å². The van der Waals surface area contributed by atoms with Crippen molar-refractivity contribution in [1.29, 1.82) is 0 Å². The summed E-state index contributed by atoms with van der Waals surface area (Å²) in [7, 11) is 1.66. The third kappa shape index (κ3) is 6.12. The van der Waals surface area contributed by atoms with Crippen molar-refractivity contribution in [3.05, 3.63) is 29.8 Å². The minimum absolute atomic E-state index is 0.0530. The molecule has 1 aromatic carbocycles. The lowest BCUT2D eigenvalue weighted by Gasteiger charge is -2.31. The number of amides is 3. The molecule has 0 aliphatic heterocycles. The molecule has 2 saturated carbocycles. The van der Waals surface area contributed by atoms with Crippen LogP contribution in [-0.4, -0.2) is 31.6 Å². The van der Waals surface area contributed by atoms with Crippen LogP contribution in [0.25, 0.3) is 0 Å². The number of benzene rings is 1. The Morgan fingerprint density at radius 3 is 2.38 bits per heavy atom. The summed E-state index contributed by atoms with van der Waals surface area (Å²) in [5.74, 6) is 0.878. The summed E-state index contributed by atoms with van der Waals surface area (Å²) in [4.78, 5) is 24.6. The Hall–Kier alpha value is -2.24. The molecule has 2 fully saturated rings. The van der Waals surface area contributed by atoms with Gasteiger partial charge in [-0.2, -0.15) is 0 Å². The van der Waals surface area contributed by atoms with Gasteiger partial charge in [-0.3, -0.25) is 4.79 Å². The molecule has 0 unspecified atom stereocenters. The van der Waals surface area contributed by atoms with Gasteiger partial charge in [0, 0.05) is 19.0 Å². The van der Waals surface area contributed by atoms with Gasteiger partial charge in [-0.05, 0) is 49.8 Å². The third-order valence-corrected chi connectivity index (χ3v) is 6.28. The average molecular weight is 402 g/mol. The number of carbonyl (C=O) groups excluding carboxylic acids is 2. The highest BCUT2D eigenvalue weighted by Gasteiger charge is 2.36. The lowest BCUT2D eigenvalue weighted by Crippen LogP contribution is -2.44. The smallest absolute Gasteiger partial charge is 0.315 e. The summed E-state index contributed by atoms with van der Waals surface area (Å²) < 4.78 is 5.25. The first-order valence-corrected chi connectivity index (χ1v) is 11.1. The van der Waals surface area contributed by atoms with Gasteiger partial charge in [-0.25, -0.2) is 4.79 Å². The Kier molecular flexibility index (Phi) is 7.78. The number of hydrogen-bond acceptors (Lipinski definition) is 3. The normalized spacial score (nSPS) is 18.8. The van der Waals surface area contributed by atoms with E-state index in [1.54, 1.807) is 7.11 Å². The third-order valence-electron chi connectivity index (χ3n) is 6.28. The standard InChI is InChI=1S/C23H35N3O3/c1-29-20-13-11-18(12-14-20)23(15-5-6-16-23)26-21(27)10-7-17-24-22(28)25-19-8-3-2-4-9-19/h11-14,19H,2-10,15-17H2,1H3,(H,26,27)(H2,24,25,28). The molecule has 0 spiro atoms. The molecule has 6 nitrogen and oxygen atoms in total. The molecule has 2 aliphatic carbocycles. The molecular weight excluding hydrogens is 366 g/mol. The molecule has 160 valence electrons. The van der Waals surface area contributed by atoms with Gasteiger partial charge >= 0.3 is 6.03 Å². The second-order valence-electron chi connectivity index (χ2n) is 8.40. The molecule has 3 amide bonds. The van der Waals surface area contributed by atoms with Gasteiger partial charge < -0.3 is 20.7 Å². The van der Waals surface area contributed by atoms with Crippen molar-refractivity contribution >= 4 is 11.9 Å². The number of ether oxygens (including phenoxy) is 1. The number of urea groups is 1. The molecule has 29 heavy (non-hydrogen) atoms.